The molecule has 4 N–H and O–H groups in total. The predicted molar refractivity (Wildman–Crippen MR) is 147 cm³/mol. The smallest absolute Gasteiger partial charge is 0.388 e. The van der Waals surface area contributed by atoms with Crippen LogP contribution < -0.4 is 5.73 Å². The van der Waals surface area contributed by atoms with Gasteiger partial charge in [0.05, 0.1) is 32.5 Å². The number of unbranched alkanes of at least 4 members (excludes halogenated alkanes) is 16. The van der Waals surface area contributed by atoms with Crippen molar-refractivity contribution in [1.29, 1.82) is 0 Å². The van der Waals surface area contributed by atoms with Crippen LogP contribution in [0.15, 0.2) is 0 Å². The van der Waals surface area contributed by atoms with E-state index in [9.17, 15) is 14.6 Å². The van der Waals surface area contributed by atoms with E-state index >= 15 is 0 Å². The Hall–Kier alpha value is -0.0500. The molecule has 218 valence electrons. The van der Waals surface area contributed by atoms with E-state index in [1.165, 1.54) is 103 Å². The molecule has 0 aromatic carbocycles. The van der Waals surface area contributed by atoms with Gasteiger partial charge in [-0.2, -0.15) is 0 Å². The van der Waals surface area contributed by atoms with Crippen molar-refractivity contribution in [1.82, 2.24) is 0 Å². The molecule has 36 heavy (non-hydrogen) atoms. The number of nitrogens with two attached hydrogens (primary N) is 1. The molecular weight excluding hydrogens is 481 g/mol. The van der Waals surface area contributed by atoms with Crippen LogP contribution in [0.4, 0.5) is 0 Å². The third-order valence-electron chi connectivity index (χ3n) is 6.38. The quantitative estimate of drug-likeness (QED) is 0.0726. The summed E-state index contributed by atoms with van der Waals surface area (Å²) in [5, 5.41) is 9.85. The normalized spacial score (nSPS) is 15.1. The van der Waals surface area contributed by atoms with Crippen molar-refractivity contribution in [2.45, 2.75) is 135 Å². The van der Waals surface area contributed by atoms with E-state index in [0.29, 0.717) is 6.61 Å². The molecule has 0 aromatic heterocycles. The fourth-order valence-corrected chi connectivity index (χ4v) is 4.91. The van der Waals surface area contributed by atoms with Crippen LogP contribution in [-0.4, -0.2) is 62.3 Å². The molecule has 3 atom stereocenters. The van der Waals surface area contributed by atoms with Crippen molar-refractivity contribution < 1.29 is 33.1 Å². The Bertz CT molecular complexity index is 499. The number of methoxy groups -OCH3 is 1. The molecule has 0 rings (SSSR count). The average molecular weight is 540 g/mol. The third kappa shape index (κ3) is 25.6. The minimum absolute atomic E-state index is 0.00417. The highest BCUT2D eigenvalue weighted by Crippen LogP contribution is 2.42. The first-order chi connectivity index (χ1) is 17.4. The first kappa shape index (κ1) is 35.9. The zero-order chi connectivity index (χ0) is 26.7. The fraction of sp³-hybridized carbons (Fsp3) is 1.00. The van der Waals surface area contributed by atoms with Crippen LogP contribution in [0, 0.1) is 0 Å². The van der Waals surface area contributed by atoms with Gasteiger partial charge in [-0.3, -0.25) is 9.05 Å². The van der Waals surface area contributed by atoms with Crippen LogP contribution in [0.2, 0.25) is 0 Å². The highest BCUT2D eigenvalue weighted by atomic mass is 31.2. The van der Waals surface area contributed by atoms with Crippen molar-refractivity contribution in [2.75, 3.05) is 40.1 Å². The maximum Gasteiger partial charge on any atom is 0.472 e. The molecule has 0 bridgehead atoms. The van der Waals surface area contributed by atoms with Gasteiger partial charge in [-0.05, 0) is 6.42 Å². The number of phosphoric acid groups is 1. The summed E-state index contributed by atoms with van der Waals surface area (Å²) in [6.07, 6.45) is 22.9. The van der Waals surface area contributed by atoms with Crippen LogP contribution in [0.25, 0.3) is 0 Å². The Morgan fingerprint density at radius 3 is 1.64 bits per heavy atom. The lowest BCUT2D eigenvalue weighted by Gasteiger charge is -2.18. The van der Waals surface area contributed by atoms with Crippen LogP contribution in [0.5, 0.6) is 0 Å². The summed E-state index contributed by atoms with van der Waals surface area (Å²) in [6.45, 7) is 2.31. The summed E-state index contributed by atoms with van der Waals surface area (Å²) in [4.78, 5) is 9.40. The maximum atomic E-state index is 11.5. The average Bonchev–Trinajstić information content (AvgIpc) is 2.87. The highest BCUT2D eigenvalue weighted by molar-refractivity contribution is 7.47. The number of aliphatic hydroxyl groups excluding tert-OH is 1. The van der Waals surface area contributed by atoms with Gasteiger partial charge in [-0.1, -0.05) is 116 Å². The number of phosphoric ester groups is 1. The zero-order valence-electron chi connectivity index (χ0n) is 23.4. The zero-order valence-corrected chi connectivity index (χ0v) is 24.3. The largest absolute Gasteiger partial charge is 0.472 e. The van der Waals surface area contributed by atoms with Crippen LogP contribution in [0.3, 0.4) is 0 Å². The second-order valence-corrected chi connectivity index (χ2v) is 11.3. The van der Waals surface area contributed by atoms with E-state index in [0.717, 1.165) is 12.8 Å². The Balaban J connectivity index is 3.48. The molecule has 0 spiro atoms. The number of ether oxygens (including phenoxy) is 2. The molecule has 0 aliphatic heterocycles. The summed E-state index contributed by atoms with van der Waals surface area (Å²) in [6, 6.07) is 0. The number of rotatable bonds is 29. The van der Waals surface area contributed by atoms with Crippen molar-refractivity contribution >= 4 is 7.82 Å². The summed E-state index contributed by atoms with van der Waals surface area (Å²) < 4.78 is 31.8. The minimum atomic E-state index is -4.18. The molecule has 0 amide bonds. The number of hydrogen-bond acceptors (Lipinski definition) is 7. The van der Waals surface area contributed by atoms with E-state index in [-0.39, 0.29) is 32.5 Å². The molecular formula is C27H58NO7P. The number of hydrogen-bond donors (Lipinski definition) is 3. The Morgan fingerprint density at radius 1 is 0.722 bits per heavy atom. The van der Waals surface area contributed by atoms with Gasteiger partial charge in [-0.15, -0.1) is 0 Å². The van der Waals surface area contributed by atoms with Gasteiger partial charge in [0.15, 0.2) is 0 Å². The van der Waals surface area contributed by atoms with E-state index in [1.807, 2.05) is 0 Å². The molecule has 0 saturated heterocycles. The fourth-order valence-electron chi connectivity index (χ4n) is 4.14. The lowest BCUT2D eigenvalue weighted by atomic mass is 10.0. The second-order valence-electron chi connectivity index (χ2n) is 9.88. The molecule has 0 heterocycles. The van der Waals surface area contributed by atoms with E-state index < -0.39 is 13.9 Å². The van der Waals surface area contributed by atoms with Crippen LogP contribution in [0.1, 0.15) is 122 Å². The van der Waals surface area contributed by atoms with Gasteiger partial charge in [0, 0.05) is 13.7 Å². The van der Waals surface area contributed by atoms with Gasteiger partial charge in [0.1, 0.15) is 6.10 Å². The lowest BCUT2D eigenvalue weighted by Crippen LogP contribution is -2.26. The van der Waals surface area contributed by atoms with Crippen molar-refractivity contribution in [2.24, 2.45) is 5.73 Å². The van der Waals surface area contributed by atoms with Crippen LogP contribution in [-0.2, 0) is 23.1 Å². The van der Waals surface area contributed by atoms with Gasteiger partial charge < -0.3 is 25.2 Å². The molecule has 0 fully saturated rings. The molecule has 0 saturated carbocycles. The molecule has 9 heteroatoms. The summed E-state index contributed by atoms with van der Waals surface area (Å²) in [5.74, 6) is 0. The van der Waals surface area contributed by atoms with Gasteiger partial charge >= 0.3 is 7.82 Å². The van der Waals surface area contributed by atoms with Gasteiger partial charge in [0.25, 0.3) is 0 Å². The maximum absolute atomic E-state index is 11.5. The van der Waals surface area contributed by atoms with Crippen molar-refractivity contribution in [3.8, 4) is 0 Å². The first-order valence-electron chi connectivity index (χ1n) is 14.6. The Morgan fingerprint density at radius 2 is 1.19 bits per heavy atom. The summed E-state index contributed by atoms with van der Waals surface area (Å²) in [7, 11) is -2.52. The lowest BCUT2D eigenvalue weighted by molar-refractivity contribution is -0.0386. The Labute approximate surface area is 221 Å². The Kier molecular flexibility index (Phi) is 26.5. The van der Waals surface area contributed by atoms with Crippen molar-refractivity contribution in [3.63, 3.8) is 0 Å². The highest BCUT2D eigenvalue weighted by Gasteiger charge is 2.22. The van der Waals surface area contributed by atoms with Gasteiger partial charge in [-0.25, -0.2) is 4.57 Å². The predicted octanol–water partition coefficient (Wildman–Crippen LogP) is 6.51. The first-order valence-corrected chi connectivity index (χ1v) is 16.0. The molecule has 2 unspecified atom stereocenters. The van der Waals surface area contributed by atoms with Crippen LogP contribution >= 0.6 is 7.82 Å². The molecule has 0 aromatic rings. The summed E-state index contributed by atoms with van der Waals surface area (Å²) >= 11 is 0. The second kappa shape index (κ2) is 26.6. The molecule has 0 radical (unpaired) electrons. The van der Waals surface area contributed by atoms with Crippen molar-refractivity contribution in [3.05, 3.63) is 0 Å². The number of aliphatic hydroxyl groups is 1. The minimum Gasteiger partial charge on any atom is -0.388 e. The summed E-state index contributed by atoms with van der Waals surface area (Å²) in [5.41, 5.74) is 5.21. The third-order valence-corrected chi connectivity index (χ3v) is 7.36. The van der Waals surface area contributed by atoms with E-state index in [2.05, 4.69) is 11.4 Å². The topological polar surface area (TPSA) is 120 Å². The van der Waals surface area contributed by atoms with Gasteiger partial charge in [0.2, 0.25) is 0 Å². The standard InChI is InChI=1S/C27H58NO7P/c1-3-4-5-6-7-8-9-10-11-12-13-14-15-16-17-18-19-20-27(32-2)25-33-23-26(29)24-35-36(30,31)34-22-21-28/h26-27,29H,3-25,28H2,1-2H3,(H,30,31)/t26-,27?/m1/s1. The van der Waals surface area contributed by atoms with E-state index in [4.69, 9.17) is 19.7 Å². The monoisotopic (exact) mass is 539 g/mol. The molecule has 8 nitrogen and oxygen atoms in total. The SMILES string of the molecule is CCCCCCCCCCCCCCCCCCCC(COC[C@@H](O)COP(=O)(O)OCCN)OC. The van der Waals surface area contributed by atoms with E-state index in [1.54, 1.807) is 7.11 Å². The molecule has 0 aliphatic rings. The molecule has 0 aliphatic carbocycles.